The normalized spacial score (nSPS) is 11.4. The molecule has 2 aromatic heterocycles. The highest BCUT2D eigenvalue weighted by molar-refractivity contribution is 7.07. The summed E-state index contributed by atoms with van der Waals surface area (Å²) in [5.41, 5.74) is 4.35. The monoisotopic (exact) mass is 476 g/mol. The van der Waals surface area contributed by atoms with E-state index < -0.39 is 0 Å². The summed E-state index contributed by atoms with van der Waals surface area (Å²) in [7, 11) is 3.79. The molecule has 0 saturated carbocycles. The highest BCUT2D eigenvalue weighted by Gasteiger charge is 2.17. The van der Waals surface area contributed by atoms with E-state index in [4.69, 9.17) is 9.47 Å². The van der Waals surface area contributed by atoms with Gasteiger partial charge >= 0.3 is 0 Å². The first kappa shape index (κ1) is 26.0. The summed E-state index contributed by atoms with van der Waals surface area (Å²) in [5.74, 6) is 1.96. The molecule has 32 heavy (non-hydrogen) atoms. The van der Waals surface area contributed by atoms with Gasteiger partial charge in [0.05, 0.1) is 7.11 Å². The summed E-state index contributed by atoms with van der Waals surface area (Å²) in [4.78, 5) is 11.4. The number of likely N-dealkylation sites (N-methyl/N-ethyl adjacent to an activating group) is 1. The molecule has 1 aromatic carbocycles. The second kappa shape index (κ2) is 11.1. The molecule has 2 heterocycles. The zero-order valence-electron chi connectivity index (χ0n) is 19.9. The van der Waals surface area contributed by atoms with E-state index in [1.165, 1.54) is 22.7 Å². The molecule has 0 amide bonds. The number of hydrogen-bond acceptors (Lipinski definition) is 7. The first-order chi connectivity index (χ1) is 14.7. The third-order valence-corrected chi connectivity index (χ3v) is 5.91. The molecule has 0 bridgehead atoms. The van der Waals surface area contributed by atoms with Crippen LogP contribution in [0.25, 0.3) is 11.4 Å². The highest BCUT2D eigenvalue weighted by atomic mass is 35.5. The lowest BCUT2D eigenvalue weighted by Gasteiger charge is -2.17. The lowest BCUT2D eigenvalue weighted by Crippen LogP contribution is -2.20. The van der Waals surface area contributed by atoms with E-state index in [0.717, 1.165) is 30.8 Å². The van der Waals surface area contributed by atoms with Gasteiger partial charge in [0.2, 0.25) is 0 Å². The molecule has 6 nitrogen and oxygen atoms in total. The van der Waals surface area contributed by atoms with Crippen LogP contribution in [0.15, 0.2) is 30.5 Å². The molecule has 3 aromatic rings. The summed E-state index contributed by atoms with van der Waals surface area (Å²) in [6.07, 6.45) is 2.78. The number of methoxy groups -OCH3 is 1. The van der Waals surface area contributed by atoms with Crippen molar-refractivity contribution in [1.29, 1.82) is 0 Å². The van der Waals surface area contributed by atoms with E-state index in [2.05, 4.69) is 67.0 Å². The maximum Gasteiger partial charge on any atom is 0.299 e. The van der Waals surface area contributed by atoms with Crippen LogP contribution in [0.1, 0.15) is 44.5 Å². The SMILES string of the molecule is CCN(C)CCc1cc(OC)c(Oc2nc(-c3ccc(C(C)(C)C)nc3)ns2)cc1C.Cl. The van der Waals surface area contributed by atoms with Crippen LogP contribution in [0.5, 0.6) is 16.7 Å². The largest absolute Gasteiger partial charge is 0.493 e. The summed E-state index contributed by atoms with van der Waals surface area (Å²) < 4.78 is 16.1. The van der Waals surface area contributed by atoms with Gasteiger partial charge < -0.3 is 14.4 Å². The minimum Gasteiger partial charge on any atom is -0.493 e. The highest BCUT2D eigenvalue weighted by Crippen LogP contribution is 2.36. The van der Waals surface area contributed by atoms with E-state index in [-0.39, 0.29) is 17.8 Å². The Labute approximate surface area is 201 Å². The number of pyridine rings is 1. The van der Waals surface area contributed by atoms with E-state index in [9.17, 15) is 0 Å². The van der Waals surface area contributed by atoms with Crippen molar-refractivity contribution in [2.75, 3.05) is 27.2 Å². The van der Waals surface area contributed by atoms with Gasteiger partial charge in [0.1, 0.15) is 0 Å². The Morgan fingerprint density at radius 1 is 1.12 bits per heavy atom. The summed E-state index contributed by atoms with van der Waals surface area (Å²) in [6.45, 7) is 12.7. The van der Waals surface area contributed by atoms with Gasteiger partial charge in [-0.15, -0.1) is 12.4 Å². The lowest BCUT2D eigenvalue weighted by atomic mass is 9.91. The van der Waals surface area contributed by atoms with Crippen molar-refractivity contribution >= 4 is 23.9 Å². The van der Waals surface area contributed by atoms with Gasteiger partial charge in [-0.3, -0.25) is 4.98 Å². The van der Waals surface area contributed by atoms with Gasteiger partial charge in [-0.25, -0.2) is 0 Å². The van der Waals surface area contributed by atoms with E-state index in [1.54, 1.807) is 7.11 Å². The number of aromatic nitrogens is 3. The fourth-order valence-electron chi connectivity index (χ4n) is 3.11. The zero-order valence-corrected chi connectivity index (χ0v) is 21.6. The van der Waals surface area contributed by atoms with Crippen molar-refractivity contribution in [3.05, 3.63) is 47.3 Å². The molecular weight excluding hydrogens is 444 g/mol. The van der Waals surface area contributed by atoms with Gasteiger partial charge in [-0.05, 0) is 62.3 Å². The number of ether oxygens (including phenoxy) is 2. The average molecular weight is 477 g/mol. The summed E-state index contributed by atoms with van der Waals surface area (Å²) in [5, 5.41) is 0.478. The van der Waals surface area contributed by atoms with E-state index in [0.29, 0.717) is 22.5 Å². The van der Waals surface area contributed by atoms with Gasteiger partial charge in [-0.1, -0.05) is 27.7 Å². The number of rotatable bonds is 8. The Morgan fingerprint density at radius 3 is 2.47 bits per heavy atom. The number of aryl methyl sites for hydroxylation is 1. The van der Waals surface area contributed by atoms with Crippen molar-refractivity contribution in [3.63, 3.8) is 0 Å². The zero-order chi connectivity index (χ0) is 22.6. The second-order valence-corrected chi connectivity index (χ2v) is 9.46. The molecule has 0 radical (unpaired) electrons. The van der Waals surface area contributed by atoms with E-state index in [1.807, 2.05) is 24.4 Å². The van der Waals surface area contributed by atoms with Crippen LogP contribution in [-0.4, -0.2) is 46.5 Å². The average Bonchev–Trinajstić information content (AvgIpc) is 3.21. The molecule has 0 fully saturated rings. The number of hydrogen-bond donors (Lipinski definition) is 0. The summed E-state index contributed by atoms with van der Waals surface area (Å²) in [6, 6.07) is 8.11. The van der Waals surface area contributed by atoms with Gasteiger partial charge in [-0.2, -0.15) is 9.36 Å². The first-order valence-corrected chi connectivity index (χ1v) is 11.3. The molecule has 0 aliphatic rings. The topological polar surface area (TPSA) is 60.4 Å². The van der Waals surface area contributed by atoms with Crippen molar-refractivity contribution in [2.24, 2.45) is 0 Å². The standard InChI is InChI=1S/C24H32N4O2S.ClH/c1-8-28(6)12-11-17-14-19(29-7)20(13-16(17)2)30-23-26-22(27-31-23)18-9-10-21(25-15-18)24(3,4)5;/h9-10,13-15H,8,11-12H2,1-7H3;1H. The number of nitrogens with zero attached hydrogens (tertiary/aromatic N) is 4. The van der Waals surface area contributed by atoms with Crippen LogP contribution in [0.2, 0.25) is 0 Å². The quantitative estimate of drug-likeness (QED) is 0.402. The predicted molar refractivity (Wildman–Crippen MR) is 134 cm³/mol. The molecule has 0 aliphatic heterocycles. The van der Waals surface area contributed by atoms with Crippen LogP contribution in [0.3, 0.4) is 0 Å². The Bertz CT molecular complexity index is 1020. The lowest BCUT2D eigenvalue weighted by molar-refractivity contribution is 0.355. The molecule has 0 N–H and O–H groups in total. The molecule has 0 aliphatic carbocycles. The van der Waals surface area contributed by atoms with Crippen LogP contribution in [0.4, 0.5) is 0 Å². The van der Waals surface area contributed by atoms with Crippen LogP contribution in [0, 0.1) is 6.92 Å². The third-order valence-electron chi connectivity index (χ3n) is 5.32. The molecular formula is C24H33ClN4O2S. The van der Waals surface area contributed by atoms with Crippen molar-refractivity contribution in [1.82, 2.24) is 19.2 Å². The molecule has 0 spiro atoms. The Kier molecular flexibility index (Phi) is 9.01. The smallest absolute Gasteiger partial charge is 0.299 e. The minimum atomic E-state index is 0. The fraction of sp³-hybridized carbons (Fsp3) is 0.458. The fourth-order valence-corrected chi connectivity index (χ4v) is 3.68. The maximum absolute atomic E-state index is 6.05. The van der Waals surface area contributed by atoms with E-state index >= 15 is 0 Å². The number of halogens is 1. The first-order valence-electron chi connectivity index (χ1n) is 10.6. The molecule has 0 atom stereocenters. The van der Waals surface area contributed by atoms with Crippen molar-refractivity contribution in [2.45, 2.75) is 46.5 Å². The number of benzene rings is 1. The van der Waals surface area contributed by atoms with Crippen molar-refractivity contribution in [3.8, 4) is 28.1 Å². The Balaban J connectivity index is 0.00000363. The maximum atomic E-state index is 6.05. The van der Waals surface area contributed by atoms with Gasteiger partial charge in [0.25, 0.3) is 5.19 Å². The van der Waals surface area contributed by atoms with Crippen LogP contribution in [-0.2, 0) is 11.8 Å². The molecule has 174 valence electrons. The predicted octanol–water partition coefficient (Wildman–Crippen LogP) is 5.92. The van der Waals surface area contributed by atoms with Gasteiger partial charge in [0, 0.05) is 40.9 Å². The minimum absolute atomic E-state index is 0. The van der Waals surface area contributed by atoms with Gasteiger partial charge in [0.15, 0.2) is 17.3 Å². The molecule has 0 unspecified atom stereocenters. The van der Waals surface area contributed by atoms with Crippen LogP contribution < -0.4 is 9.47 Å². The molecule has 3 rings (SSSR count). The van der Waals surface area contributed by atoms with Crippen molar-refractivity contribution < 1.29 is 9.47 Å². The Hall–Kier alpha value is -2.22. The summed E-state index contributed by atoms with van der Waals surface area (Å²) >= 11 is 1.22. The second-order valence-electron chi connectivity index (χ2n) is 8.74. The molecule has 0 saturated heterocycles. The molecule has 8 heteroatoms. The van der Waals surface area contributed by atoms with Crippen LogP contribution >= 0.6 is 23.9 Å². The third kappa shape index (κ3) is 6.40. The Morgan fingerprint density at radius 2 is 1.88 bits per heavy atom.